The summed E-state index contributed by atoms with van der Waals surface area (Å²) in [7, 11) is 0. The highest BCUT2D eigenvalue weighted by Gasteiger charge is 2.33. The predicted molar refractivity (Wildman–Crippen MR) is 168 cm³/mol. The first kappa shape index (κ1) is 31.0. The number of nitrogens with one attached hydrogen (secondary N) is 1. The van der Waals surface area contributed by atoms with Crippen molar-refractivity contribution in [2.45, 2.75) is 52.0 Å². The molecule has 1 atom stereocenters. The van der Waals surface area contributed by atoms with Crippen molar-refractivity contribution < 1.29 is 29.0 Å². The van der Waals surface area contributed by atoms with Gasteiger partial charge < -0.3 is 24.8 Å². The van der Waals surface area contributed by atoms with E-state index in [2.05, 4.69) is 5.32 Å². The molecule has 1 fully saturated rings. The Kier molecular flexibility index (Phi) is 9.79. The van der Waals surface area contributed by atoms with Gasteiger partial charge in [0.05, 0.1) is 12.6 Å². The van der Waals surface area contributed by atoms with Gasteiger partial charge in [0.2, 0.25) is 11.8 Å². The van der Waals surface area contributed by atoms with E-state index in [1.807, 2.05) is 74.5 Å². The van der Waals surface area contributed by atoms with Crippen LogP contribution >= 0.6 is 0 Å². The monoisotopic (exact) mass is 600 g/mol. The number of hydrogen-bond donors (Lipinski definition) is 3. The van der Waals surface area contributed by atoms with E-state index in [1.165, 1.54) is 9.80 Å². The molecule has 10 heteroatoms. The number of carboxylic acid groups (broad SMARTS) is 1. The first-order valence-corrected chi connectivity index (χ1v) is 15.3. The summed E-state index contributed by atoms with van der Waals surface area (Å²) in [6.45, 7) is 4.56. The maximum Gasteiger partial charge on any atom is 0.407 e. The van der Waals surface area contributed by atoms with E-state index in [-0.39, 0.29) is 38.1 Å². The normalized spacial score (nSPS) is 14.7. The molecule has 0 unspecified atom stereocenters. The average Bonchev–Trinajstić information content (AvgIpc) is 3.48. The Bertz CT molecular complexity index is 1620. The molecule has 0 bridgehead atoms. The molecule has 10 nitrogen and oxygen atoms in total. The Balaban J connectivity index is 1.28. The van der Waals surface area contributed by atoms with Crippen molar-refractivity contribution in [1.29, 1.82) is 0 Å². The molecule has 4 amide bonds. The van der Waals surface area contributed by atoms with Crippen LogP contribution in [0.2, 0.25) is 0 Å². The highest BCUT2D eigenvalue weighted by molar-refractivity contribution is 6.04. The average molecular weight is 601 g/mol. The number of nitrogens with zero attached hydrogens (tertiary/aromatic N) is 3. The van der Waals surface area contributed by atoms with Gasteiger partial charge in [-0.05, 0) is 61.1 Å². The van der Waals surface area contributed by atoms with E-state index in [1.54, 1.807) is 0 Å². The summed E-state index contributed by atoms with van der Waals surface area (Å²) in [4.78, 5) is 45.6. The van der Waals surface area contributed by atoms with Crippen LogP contribution in [-0.4, -0.2) is 75.3 Å². The minimum atomic E-state index is -0.998. The fourth-order valence-corrected chi connectivity index (χ4v) is 5.75. The van der Waals surface area contributed by atoms with Gasteiger partial charge in [-0.15, -0.1) is 0 Å². The largest absolute Gasteiger partial charge is 0.465 e. The first-order chi connectivity index (χ1) is 21.2. The molecule has 4 aromatic rings. The number of aliphatic hydroxyl groups excluding tert-OH is 1. The molecule has 2 heterocycles. The summed E-state index contributed by atoms with van der Waals surface area (Å²) in [6.07, 6.45) is 1.37. The van der Waals surface area contributed by atoms with Crippen LogP contribution in [0.3, 0.4) is 0 Å². The number of rotatable bonds is 10. The van der Waals surface area contributed by atoms with Crippen LogP contribution in [-0.2, 0) is 11.2 Å². The lowest BCUT2D eigenvalue weighted by atomic mass is 9.95. The van der Waals surface area contributed by atoms with Crippen LogP contribution in [0.15, 0.2) is 65.1 Å². The molecule has 3 N–H and O–H groups in total. The standard InChI is InChI=1S/C34H40N4O6/c1-22(2)15-20-38(32(40)25-16-18-37(19-17-25)34(42)43)33(41)35-26(21-39)13-11-24-8-4-6-10-28(24)31-36-30-27-9-5-3-7-23(27)12-14-29(30)44-31/h3-10,12,14,22,25-26,39H,11,13,15-21H2,1-2H3,(H,35,41)(H,42,43)/t26-/m0/s1. The number of imide groups is 1. The van der Waals surface area contributed by atoms with E-state index in [0.717, 1.165) is 27.4 Å². The summed E-state index contributed by atoms with van der Waals surface area (Å²) in [5.41, 5.74) is 3.31. The maximum atomic E-state index is 13.5. The minimum Gasteiger partial charge on any atom is -0.465 e. The van der Waals surface area contributed by atoms with Crippen LogP contribution in [0.25, 0.3) is 33.3 Å². The van der Waals surface area contributed by atoms with Crippen molar-refractivity contribution in [3.05, 3.63) is 66.2 Å². The minimum absolute atomic E-state index is 0.259. The van der Waals surface area contributed by atoms with Gasteiger partial charge in [-0.1, -0.05) is 62.4 Å². The summed E-state index contributed by atoms with van der Waals surface area (Å²) in [5.74, 6) is 0.0768. The Morgan fingerprint density at radius 3 is 2.48 bits per heavy atom. The van der Waals surface area contributed by atoms with Crippen molar-refractivity contribution in [3.8, 4) is 11.5 Å². The number of amides is 4. The second-order valence-corrected chi connectivity index (χ2v) is 11.9. The number of aryl methyl sites for hydroxylation is 1. The lowest BCUT2D eigenvalue weighted by Crippen LogP contribution is -2.52. The van der Waals surface area contributed by atoms with Crippen molar-refractivity contribution in [3.63, 3.8) is 0 Å². The molecule has 0 spiro atoms. The molecule has 0 saturated carbocycles. The molecule has 1 saturated heterocycles. The molecule has 232 valence electrons. The molecular formula is C34H40N4O6. The number of piperidine rings is 1. The third kappa shape index (κ3) is 7.02. The fraction of sp³-hybridized carbons (Fsp3) is 0.412. The lowest BCUT2D eigenvalue weighted by molar-refractivity contribution is -0.134. The van der Waals surface area contributed by atoms with Gasteiger partial charge in [-0.3, -0.25) is 9.69 Å². The van der Waals surface area contributed by atoms with E-state index < -0.39 is 24.1 Å². The number of benzene rings is 3. The van der Waals surface area contributed by atoms with Crippen LogP contribution in [0.5, 0.6) is 0 Å². The number of oxazole rings is 1. The Morgan fingerprint density at radius 1 is 1.02 bits per heavy atom. The molecular weight excluding hydrogens is 560 g/mol. The van der Waals surface area contributed by atoms with Crippen LogP contribution < -0.4 is 5.32 Å². The second-order valence-electron chi connectivity index (χ2n) is 11.9. The quantitative estimate of drug-likeness (QED) is 0.206. The Hall–Kier alpha value is -4.44. The molecule has 1 aliphatic rings. The third-order valence-electron chi connectivity index (χ3n) is 8.40. The Labute approximate surface area is 256 Å². The lowest BCUT2D eigenvalue weighted by Gasteiger charge is -2.33. The van der Waals surface area contributed by atoms with Gasteiger partial charge in [0.15, 0.2) is 5.58 Å². The van der Waals surface area contributed by atoms with Crippen molar-refractivity contribution in [2.24, 2.45) is 11.8 Å². The zero-order valence-corrected chi connectivity index (χ0v) is 25.2. The Morgan fingerprint density at radius 2 is 1.75 bits per heavy atom. The van der Waals surface area contributed by atoms with Crippen LogP contribution in [0.4, 0.5) is 9.59 Å². The molecule has 1 aromatic heterocycles. The first-order valence-electron chi connectivity index (χ1n) is 15.3. The van der Waals surface area contributed by atoms with E-state index in [9.17, 15) is 24.6 Å². The van der Waals surface area contributed by atoms with Crippen molar-refractivity contribution >= 4 is 39.9 Å². The third-order valence-corrected chi connectivity index (χ3v) is 8.40. The number of fused-ring (bicyclic) bond motifs is 3. The zero-order valence-electron chi connectivity index (χ0n) is 25.2. The van der Waals surface area contributed by atoms with Gasteiger partial charge in [0.1, 0.15) is 5.52 Å². The van der Waals surface area contributed by atoms with Gasteiger partial charge >= 0.3 is 12.1 Å². The van der Waals surface area contributed by atoms with Gasteiger partial charge in [-0.2, -0.15) is 0 Å². The van der Waals surface area contributed by atoms with Crippen molar-refractivity contribution in [1.82, 2.24) is 20.1 Å². The van der Waals surface area contributed by atoms with Crippen LogP contribution in [0, 0.1) is 11.8 Å². The van der Waals surface area contributed by atoms with Gasteiger partial charge in [0.25, 0.3) is 0 Å². The topological polar surface area (TPSA) is 136 Å². The molecule has 0 aliphatic carbocycles. The smallest absolute Gasteiger partial charge is 0.407 e. The second kappa shape index (κ2) is 13.9. The maximum absolute atomic E-state index is 13.5. The number of carbonyl (C=O) groups is 3. The SMILES string of the molecule is CC(C)CCN(C(=O)N[C@H](CO)CCc1ccccc1-c1nc2c(ccc3ccccc32)o1)C(=O)C1CCN(C(=O)O)CC1. The van der Waals surface area contributed by atoms with E-state index >= 15 is 0 Å². The highest BCUT2D eigenvalue weighted by Crippen LogP contribution is 2.32. The van der Waals surface area contributed by atoms with Gasteiger partial charge in [0, 0.05) is 36.5 Å². The number of carbonyl (C=O) groups excluding carboxylic acids is 2. The van der Waals surface area contributed by atoms with Crippen molar-refractivity contribution in [2.75, 3.05) is 26.2 Å². The van der Waals surface area contributed by atoms with Gasteiger partial charge in [-0.25, -0.2) is 14.6 Å². The zero-order chi connectivity index (χ0) is 31.2. The molecule has 5 rings (SSSR count). The fourth-order valence-electron chi connectivity index (χ4n) is 5.75. The van der Waals surface area contributed by atoms with Crippen LogP contribution in [0.1, 0.15) is 45.1 Å². The molecule has 0 radical (unpaired) electrons. The van der Waals surface area contributed by atoms with E-state index in [4.69, 9.17) is 9.40 Å². The summed E-state index contributed by atoms with van der Waals surface area (Å²) in [6, 6.07) is 18.7. The summed E-state index contributed by atoms with van der Waals surface area (Å²) in [5, 5.41) is 24.4. The predicted octanol–water partition coefficient (Wildman–Crippen LogP) is 5.92. The summed E-state index contributed by atoms with van der Waals surface area (Å²) >= 11 is 0. The van der Waals surface area contributed by atoms with E-state index in [0.29, 0.717) is 43.6 Å². The molecule has 1 aliphatic heterocycles. The highest BCUT2D eigenvalue weighted by atomic mass is 16.4. The molecule has 3 aromatic carbocycles. The number of hydrogen-bond acceptors (Lipinski definition) is 6. The number of urea groups is 1. The number of aliphatic hydroxyl groups is 1. The number of likely N-dealkylation sites (tertiary alicyclic amines) is 1. The molecule has 44 heavy (non-hydrogen) atoms. The summed E-state index contributed by atoms with van der Waals surface area (Å²) < 4.78 is 6.17. The number of aromatic nitrogens is 1.